The zero-order chi connectivity index (χ0) is 15.8. The third-order valence-electron chi connectivity index (χ3n) is 6.46. The van der Waals surface area contributed by atoms with Crippen LogP contribution in [0.3, 0.4) is 0 Å². The monoisotopic (exact) mass is 305 g/mol. The second-order valence-electron chi connectivity index (χ2n) is 7.61. The maximum absolute atomic E-state index is 4.30. The van der Waals surface area contributed by atoms with Crippen LogP contribution in [0.15, 0.2) is 36.7 Å². The van der Waals surface area contributed by atoms with Crippen LogP contribution < -0.4 is 0 Å². The van der Waals surface area contributed by atoms with Crippen LogP contribution in [0.2, 0.25) is 0 Å². The minimum atomic E-state index is 0.444. The van der Waals surface area contributed by atoms with E-state index >= 15 is 0 Å². The zero-order valence-electron chi connectivity index (χ0n) is 14.0. The average molecular weight is 305 g/mol. The van der Waals surface area contributed by atoms with E-state index in [1.54, 1.807) is 12.4 Å². The molecule has 0 spiro atoms. The Hall–Kier alpha value is -1.70. The predicted molar refractivity (Wildman–Crippen MR) is 93.0 cm³/mol. The lowest BCUT2D eigenvalue weighted by molar-refractivity contribution is 0.0320. The molecule has 0 unspecified atom stereocenters. The van der Waals surface area contributed by atoms with Gasteiger partial charge in [-0.05, 0) is 61.3 Å². The minimum Gasteiger partial charge on any atom is -0.236 e. The highest BCUT2D eigenvalue weighted by Gasteiger charge is 2.48. The van der Waals surface area contributed by atoms with E-state index < -0.39 is 0 Å². The first-order chi connectivity index (χ1) is 11.3. The van der Waals surface area contributed by atoms with Crippen molar-refractivity contribution in [2.24, 2.45) is 5.41 Å². The van der Waals surface area contributed by atoms with Crippen LogP contribution in [-0.4, -0.2) is 9.97 Å². The molecule has 0 aliphatic heterocycles. The summed E-state index contributed by atoms with van der Waals surface area (Å²) in [6.07, 6.45) is 14.6. The Morgan fingerprint density at radius 2 is 1.52 bits per heavy atom. The van der Waals surface area contributed by atoms with Gasteiger partial charge in [-0.15, -0.1) is 0 Å². The van der Waals surface area contributed by atoms with E-state index in [0.717, 1.165) is 11.4 Å². The molecule has 0 N–H and O–H groups in total. The van der Waals surface area contributed by atoms with Crippen molar-refractivity contribution in [1.82, 2.24) is 9.97 Å². The minimum absolute atomic E-state index is 0.444. The van der Waals surface area contributed by atoms with Gasteiger partial charge in [0.05, 0.1) is 0 Å². The molecule has 3 aliphatic rings. The normalized spacial score (nSPS) is 29.6. The Morgan fingerprint density at radius 1 is 0.913 bits per heavy atom. The van der Waals surface area contributed by atoms with Crippen molar-refractivity contribution in [2.75, 3.05) is 0 Å². The quantitative estimate of drug-likeness (QED) is 0.762. The van der Waals surface area contributed by atoms with Crippen LogP contribution in [0.1, 0.15) is 63.9 Å². The van der Waals surface area contributed by atoms with Crippen LogP contribution in [0.4, 0.5) is 0 Å². The molecule has 1 aromatic carbocycles. The van der Waals surface area contributed by atoms with Crippen molar-refractivity contribution in [1.29, 1.82) is 0 Å². The molecule has 2 heteroatoms. The van der Waals surface area contributed by atoms with Crippen LogP contribution >= 0.6 is 0 Å². The molecule has 2 bridgehead atoms. The van der Waals surface area contributed by atoms with Crippen LogP contribution in [0, 0.1) is 11.5 Å². The smallest absolute Gasteiger partial charge is 0.159 e. The summed E-state index contributed by atoms with van der Waals surface area (Å²) >= 11 is 0. The highest BCUT2D eigenvalue weighted by molar-refractivity contribution is 5.55. The summed E-state index contributed by atoms with van der Waals surface area (Å²) in [6, 6.07) is 11.9. The van der Waals surface area contributed by atoms with Crippen molar-refractivity contribution >= 4 is 0 Å². The molecule has 3 aliphatic carbocycles. The van der Waals surface area contributed by atoms with Gasteiger partial charge in [0, 0.05) is 24.0 Å². The molecule has 2 aromatic rings. The first kappa shape index (κ1) is 14.9. The second-order valence-corrected chi connectivity index (χ2v) is 7.61. The fourth-order valence-electron chi connectivity index (χ4n) is 4.99. The SMILES string of the molecule is CCCC12CCC(c3ccc(-c4nc[c]cn4)cc3)(CC1)CC2. The number of aromatic nitrogens is 2. The summed E-state index contributed by atoms with van der Waals surface area (Å²) < 4.78 is 0. The van der Waals surface area contributed by atoms with Gasteiger partial charge in [-0.1, -0.05) is 37.6 Å². The molecule has 119 valence electrons. The molecule has 3 fully saturated rings. The van der Waals surface area contributed by atoms with Gasteiger partial charge < -0.3 is 0 Å². The van der Waals surface area contributed by atoms with Crippen molar-refractivity contribution in [3.8, 4) is 11.4 Å². The highest BCUT2D eigenvalue weighted by Crippen LogP contribution is 2.59. The Kier molecular flexibility index (Phi) is 3.71. The summed E-state index contributed by atoms with van der Waals surface area (Å²) in [7, 11) is 0. The average Bonchev–Trinajstić information content (AvgIpc) is 2.64. The van der Waals surface area contributed by atoms with Crippen molar-refractivity contribution in [2.45, 2.75) is 63.7 Å². The van der Waals surface area contributed by atoms with Gasteiger partial charge in [0.1, 0.15) is 0 Å². The Bertz CT molecular complexity index is 635. The maximum atomic E-state index is 4.30. The van der Waals surface area contributed by atoms with Gasteiger partial charge in [0.2, 0.25) is 0 Å². The lowest BCUT2D eigenvalue weighted by Crippen LogP contribution is -2.44. The van der Waals surface area contributed by atoms with Gasteiger partial charge in [-0.2, -0.15) is 0 Å². The number of rotatable bonds is 4. The summed E-state index contributed by atoms with van der Waals surface area (Å²) in [5, 5.41) is 0. The van der Waals surface area contributed by atoms with Gasteiger partial charge >= 0.3 is 0 Å². The molecule has 1 aromatic heterocycles. The highest BCUT2D eigenvalue weighted by atomic mass is 14.8. The maximum Gasteiger partial charge on any atom is 0.159 e. The second kappa shape index (κ2) is 5.74. The van der Waals surface area contributed by atoms with Gasteiger partial charge in [0.15, 0.2) is 5.82 Å². The number of hydrogen-bond donors (Lipinski definition) is 0. The van der Waals surface area contributed by atoms with E-state index in [1.165, 1.54) is 56.9 Å². The molecule has 0 amide bonds. The van der Waals surface area contributed by atoms with Crippen LogP contribution in [0.5, 0.6) is 0 Å². The van der Waals surface area contributed by atoms with E-state index in [9.17, 15) is 0 Å². The van der Waals surface area contributed by atoms with Gasteiger partial charge in [0.25, 0.3) is 0 Å². The summed E-state index contributed by atoms with van der Waals surface area (Å²) in [5.41, 5.74) is 3.77. The van der Waals surface area contributed by atoms with Crippen LogP contribution in [0.25, 0.3) is 11.4 Å². The van der Waals surface area contributed by atoms with E-state index in [-0.39, 0.29) is 0 Å². The standard InChI is InChI=1S/C21H25N2/c1-2-8-20-9-12-21(13-10-20,14-11-20)18-6-4-17(5-7-18)19-22-15-3-16-23-19/h4-7,15-16H,2,8-14H2,1H3. The number of benzene rings is 1. The third kappa shape index (κ3) is 2.58. The van der Waals surface area contributed by atoms with Gasteiger partial charge in [-0.25, -0.2) is 9.97 Å². The Balaban J connectivity index is 1.56. The summed E-state index contributed by atoms with van der Waals surface area (Å²) in [4.78, 5) is 8.60. The molecule has 1 heterocycles. The Morgan fingerprint density at radius 3 is 2.09 bits per heavy atom. The van der Waals surface area contributed by atoms with Crippen molar-refractivity contribution in [3.05, 3.63) is 48.3 Å². The lowest BCUT2D eigenvalue weighted by Gasteiger charge is -2.54. The number of fused-ring (bicyclic) bond motifs is 3. The molecule has 0 saturated heterocycles. The molecule has 23 heavy (non-hydrogen) atoms. The fraction of sp³-hybridized carbons (Fsp3) is 0.524. The third-order valence-corrected chi connectivity index (χ3v) is 6.46. The largest absolute Gasteiger partial charge is 0.236 e. The molecular weight excluding hydrogens is 280 g/mol. The molecule has 5 rings (SSSR count). The predicted octanol–water partition coefficient (Wildman–Crippen LogP) is 5.34. The molecule has 3 saturated carbocycles. The van der Waals surface area contributed by atoms with E-state index in [4.69, 9.17) is 0 Å². The number of hydrogen-bond acceptors (Lipinski definition) is 2. The Labute approximate surface area is 139 Å². The fourth-order valence-corrected chi connectivity index (χ4v) is 4.99. The molecule has 2 nitrogen and oxygen atoms in total. The zero-order valence-corrected chi connectivity index (χ0v) is 14.0. The summed E-state index contributed by atoms with van der Waals surface area (Å²) in [6.45, 7) is 2.34. The van der Waals surface area contributed by atoms with Crippen LogP contribution in [-0.2, 0) is 5.41 Å². The lowest BCUT2D eigenvalue weighted by atomic mass is 9.51. The van der Waals surface area contributed by atoms with Crippen molar-refractivity contribution in [3.63, 3.8) is 0 Å². The number of nitrogens with zero attached hydrogens (tertiary/aromatic N) is 2. The summed E-state index contributed by atoms with van der Waals surface area (Å²) in [5.74, 6) is 0.794. The van der Waals surface area contributed by atoms with Gasteiger partial charge in [-0.3, -0.25) is 0 Å². The van der Waals surface area contributed by atoms with E-state index in [0.29, 0.717) is 10.8 Å². The van der Waals surface area contributed by atoms with E-state index in [1.807, 2.05) is 0 Å². The first-order valence-electron chi connectivity index (χ1n) is 9.04. The molecule has 1 radical (unpaired) electrons. The van der Waals surface area contributed by atoms with Crippen molar-refractivity contribution < 1.29 is 0 Å². The molecule has 0 atom stereocenters. The topological polar surface area (TPSA) is 25.8 Å². The first-order valence-corrected chi connectivity index (χ1v) is 9.04. The van der Waals surface area contributed by atoms with E-state index in [2.05, 4.69) is 47.2 Å². The molecular formula is C21H25N2.